The molecule has 4 heteroatoms. The minimum absolute atomic E-state index is 0.128. The Bertz CT molecular complexity index is 289. The van der Waals surface area contributed by atoms with E-state index in [0.717, 1.165) is 0 Å². The summed E-state index contributed by atoms with van der Waals surface area (Å²) >= 11 is 0. The fourth-order valence-electron chi connectivity index (χ4n) is 2.45. The molecule has 0 aromatic rings. The number of hydrogen-bond acceptors (Lipinski definition) is 3. The van der Waals surface area contributed by atoms with Crippen molar-refractivity contribution in [3.63, 3.8) is 0 Å². The number of rotatable bonds is 4. The van der Waals surface area contributed by atoms with Crippen molar-refractivity contribution in [2.45, 2.75) is 39.7 Å². The van der Waals surface area contributed by atoms with Gasteiger partial charge < -0.3 is 10.8 Å². The predicted octanol–water partition coefficient (Wildman–Crippen LogP) is 0.794. The number of carboxylic acid groups (broad SMARTS) is 1. The van der Waals surface area contributed by atoms with Crippen LogP contribution >= 0.6 is 0 Å². The van der Waals surface area contributed by atoms with E-state index >= 15 is 0 Å². The van der Waals surface area contributed by atoms with Crippen LogP contribution in [0, 0.1) is 10.8 Å². The van der Waals surface area contributed by atoms with E-state index in [1.54, 1.807) is 6.92 Å². The Balaban J connectivity index is 2.95. The first-order chi connectivity index (χ1) is 6.32. The summed E-state index contributed by atoms with van der Waals surface area (Å²) in [4.78, 5) is 22.2. The van der Waals surface area contributed by atoms with Gasteiger partial charge in [-0.05, 0) is 26.7 Å². The molecule has 1 saturated carbocycles. The average molecular weight is 199 g/mol. The fraction of sp³-hybridized carbons (Fsp3) is 0.800. The number of ketones is 1. The average Bonchev–Trinajstić information content (AvgIpc) is 2.73. The molecule has 0 heterocycles. The van der Waals surface area contributed by atoms with Crippen LogP contribution in [0.2, 0.25) is 0 Å². The number of carboxylic acids is 1. The van der Waals surface area contributed by atoms with Gasteiger partial charge in [0.15, 0.2) is 0 Å². The lowest BCUT2D eigenvalue weighted by Gasteiger charge is -2.23. The van der Waals surface area contributed by atoms with E-state index in [0.29, 0.717) is 12.8 Å². The molecule has 0 saturated heterocycles. The summed E-state index contributed by atoms with van der Waals surface area (Å²) in [7, 11) is 0. The minimum atomic E-state index is -0.851. The summed E-state index contributed by atoms with van der Waals surface area (Å²) in [6.07, 6.45) is 1.14. The fourth-order valence-corrected chi connectivity index (χ4v) is 2.45. The highest BCUT2D eigenvalue weighted by Gasteiger charge is 2.71. The number of hydrogen-bond donors (Lipinski definition) is 2. The van der Waals surface area contributed by atoms with E-state index in [9.17, 15) is 9.59 Å². The van der Waals surface area contributed by atoms with Crippen molar-refractivity contribution in [2.24, 2.45) is 16.6 Å². The van der Waals surface area contributed by atoms with Crippen LogP contribution in [0.1, 0.15) is 33.6 Å². The Morgan fingerprint density at radius 2 is 2.07 bits per heavy atom. The summed E-state index contributed by atoms with van der Waals surface area (Å²) in [5.74, 6) is -0.979. The van der Waals surface area contributed by atoms with Crippen molar-refractivity contribution in [3.05, 3.63) is 0 Å². The Morgan fingerprint density at radius 3 is 2.29 bits per heavy atom. The Kier molecular flexibility index (Phi) is 2.44. The van der Waals surface area contributed by atoms with Crippen LogP contribution in [0.25, 0.3) is 0 Å². The van der Waals surface area contributed by atoms with Gasteiger partial charge >= 0.3 is 5.97 Å². The first-order valence-corrected chi connectivity index (χ1v) is 4.81. The molecule has 0 aromatic heterocycles. The van der Waals surface area contributed by atoms with E-state index in [2.05, 4.69) is 0 Å². The second-order valence-corrected chi connectivity index (χ2v) is 4.41. The normalized spacial score (nSPS) is 37.7. The third-order valence-electron chi connectivity index (χ3n) is 3.78. The predicted molar refractivity (Wildman–Crippen MR) is 51.7 cm³/mol. The minimum Gasteiger partial charge on any atom is -0.481 e. The molecule has 1 aliphatic carbocycles. The monoisotopic (exact) mass is 199 g/mol. The van der Waals surface area contributed by atoms with Crippen molar-refractivity contribution >= 4 is 11.8 Å². The van der Waals surface area contributed by atoms with Crippen molar-refractivity contribution < 1.29 is 14.7 Å². The molecule has 0 radical (unpaired) electrons. The molecule has 0 aliphatic heterocycles. The van der Waals surface area contributed by atoms with E-state index < -0.39 is 22.8 Å². The zero-order valence-electron chi connectivity index (χ0n) is 8.83. The SMILES string of the molecule is CCC1(C(N)C(C)=O)CC1(C)C(=O)O. The topological polar surface area (TPSA) is 80.4 Å². The number of nitrogens with two attached hydrogens (primary N) is 1. The van der Waals surface area contributed by atoms with E-state index in [1.165, 1.54) is 6.92 Å². The molecule has 3 atom stereocenters. The highest BCUT2D eigenvalue weighted by atomic mass is 16.4. The van der Waals surface area contributed by atoms with Crippen molar-refractivity contribution in [2.75, 3.05) is 0 Å². The van der Waals surface area contributed by atoms with Gasteiger partial charge in [0.25, 0.3) is 0 Å². The van der Waals surface area contributed by atoms with Crippen molar-refractivity contribution in [1.82, 2.24) is 0 Å². The molecule has 14 heavy (non-hydrogen) atoms. The number of aliphatic carboxylic acids is 1. The lowest BCUT2D eigenvalue weighted by Crippen LogP contribution is -2.42. The van der Waals surface area contributed by atoms with Gasteiger partial charge in [-0.15, -0.1) is 0 Å². The lowest BCUT2D eigenvalue weighted by molar-refractivity contribution is -0.144. The van der Waals surface area contributed by atoms with Gasteiger partial charge in [0.2, 0.25) is 0 Å². The smallest absolute Gasteiger partial charge is 0.310 e. The molecule has 80 valence electrons. The van der Waals surface area contributed by atoms with Gasteiger partial charge in [0, 0.05) is 5.41 Å². The summed E-state index contributed by atoms with van der Waals surface area (Å²) in [6.45, 7) is 4.97. The Morgan fingerprint density at radius 1 is 1.57 bits per heavy atom. The van der Waals surface area contributed by atoms with Crippen molar-refractivity contribution in [1.29, 1.82) is 0 Å². The molecule has 1 rings (SSSR count). The highest BCUT2D eigenvalue weighted by molar-refractivity contribution is 5.87. The third kappa shape index (κ3) is 1.17. The molecular formula is C10H17NO3. The quantitative estimate of drug-likeness (QED) is 0.701. The summed E-state index contributed by atoms with van der Waals surface area (Å²) in [5, 5.41) is 9.04. The van der Waals surface area contributed by atoms with Gasteiger partial charge in [-0.1, -0.05) is 6.92 Å². The molecule has 4 nitrogen and oxygen atoms in total. The van der Waals surface area contributed by atoms with Crippen LogP contribution in [-0.4, -0.2) is 22.9 Å². The first-order valence-electron chi connectivity index (χ1n) is 4.81. The van der Waals surface area contributed by atoms with Gasteiger partial charge in [-0.3, -0.25) is 9.59 Å². The van der Waals surface area contributed by atoms with E-state index in [-0.39, 0.29) is 5.78 Å². The molecule has 1 aliphatic rings. The molecule has 3 N–H and O–H groups in total. The summed E-state index contributed by atoms with van der Waals surface area (Å²) in [5.41, 5.74) is 4.43. The largest absolute Gasteiger partial charge is 0.481 e. The first kappa shape index (κ1) is 11.2. The van der Waals surface area contributed by atoms with Crippen LogP contribution in [0.3, 0.4) is 0 Å². The molecule has 1 fully saturated rings. The number of Topliss-reactive ketones (excluding diaryl/α,β-unsaturated/α-hetero) is 1. The van der Waals surface area contributed by atoms with E-state index in [4.69, 9.17) is 10.8 Å². The number of carbonyl (C=O) groups excluding carboxylic acids is 1. The molecule has 3 unspecified atom stereocenters. The van der Waals surface area contributed by atoms with Crippen LogP contribution in [0.5, 0.6) is 0 Å². The van der Waals surface area contributed by atoms with Gasteiger partial charge in [-0.25, -0.2) is 0 Å². The number of carbonyl (C=O) groups is 2. The Labute approximate surface area is 83.5 Å². The van der Waals surface area contributed by atoms with Gasteiger partial charge in [0.05, 0.1) is 11.5 Å². The third-order valence-corrected chi connectivity index (χ3v) is 3.78. The Hall–Kier alpha value is -0.900. The summed E-state index contributed by atoms with van der Waals surface area (Å²) < 4.78 is 0. The maximum atomic E-state index is 11.2. The van der Waals surface area contributed by atoms with Gasteiger partial charge in [0.1, 0.15) is 5.78 Å². The maximum Gasteiger partial charge on any atom is 0.310 e. The van der Waals surface area contributed by atoms with Gasteiger partial charge in [-0.2, -0.15) is 0 Å². The molecule has 0 spiro atoms. The highest BCUT2D eigenvalue weighted by Crippen LogP contribution is 2.67. The van der Waals surface area contributed by atoms with Crippen LogP contribution < -0.4 is 5.73 Å². The summed E-state index contributed by atoms with van der Waals surface area (Å²) in [6, 6.07) is -0.645. The molecular weight excluding hydrogens is 182 g/mol. The van der Waals surface area contributed by atoms with Crippen LogP contribution in [-0.2, 0) is 9.59 Å². The van der Waals surface area contributed by atoms with Crippen molar-refractivity contribution in [3.8, 4) is 0 Å². The second-order valence-electron chi connectivity index (χ2n) is 4.41. The van der Waals surface area contributed by atoms with Crippen LogP contribution in [0.15, 0.2) is 0 Å². The molecule has 0 bridgehead atoms. The lowest BCUT2D eigenvalue weighted by atomic mass is 9.83. The van der Waals surface area contributed by atoms with E-state index in [1.807, 2.05) is 6.92 Å². The molecule has 0 amide bonds. The maximum absolute atomic E-state index is 11.2. The van der Waals surface area contributed by atoms with Crippen LogP contribution in [0.4, 0.5) is 0 Å². The molecule has 0 aromatic carbocycles. The standard InChI is InChI=1S/C10H17NO3/c1-4-10(7(11)6(2)12)5-9(10,3)8(13)14/h7H,4-5,11H2,1-3H3,(H,13,14). The zero-order valence-corrected chi connectivity index (χ0v) is 8.83. The second kappa shape index (κ2) is 3.05. The zero-order chi connectivity index (χ0) is 11.1.